The number of halogens is 1. The van der Waals surface area contributed by atoms with E-state index >= 15 is 0 Å². The van der Waals surface area contributed by atoms with Gasteiger partial charge in [-0.2, -0.15) is 11.8 Å². The second kappa shape index (κ2) is 4.74. The number of thioether (sulfide) groups is 1. The van der Waals surface area contributed by atoms with Crippen LogP contribution in [0.15, 0.2) is 18.2 Å². The van der Waals surface area contributed by atoms with Crippen molar-refractivity contribution in [2.24, 2.45) is 0 Å². The maximum absolute atomic E-state index is 13.2. The van der Waals surface area contributed by atoms with Gasteiger partial charge in [0.25, 0.3) is 5.91 Å². The van der Waals surface area contributed by atoms with Crippen LogP contribution in [0.25, 0.3) is 0 Å². The van der Waals surface area contributed by atoms with E-state index in [4.69, 9.17) is 5.73 Å². The molecule has 1 fully saturated rings. The van der Waals surface area contributed by atoms with Gasteiger partial charge in [0.05, 0.1) is 5.69 Å². The van der Waals surface area contributed by atoms with Gasteiger partial charge in [0.1, 0.15) is 5.82 Å². The smallest absolute Gasteiger partial charge is 0.254 e. The first-order chi connectivity index (χ1) is 7.68. The third kappa shape index (κ3) is 2.29. The summed E-state index contributed by atoms with van der Waals surface area (Å²) in [6.07, 6.45) is 0. The highest BCUT2D eigenvalue weighted by Crippen LogP contribution is 2.16. The second-order valence-electron chi connectivity index (χ2n) is 3.64. The summed E-state index contributed by atoms with van der Waals surface area (Å²) in [5.74, 6) is 1.25. The van der Waals surface area contributed by atoms with Gasteiger partial charge in [-0.15, -0.1) is 0 Å². The molecule has 86 valence electrons. The monoisotopic (exact) mass is 240 g/mol. The molecule has 2 N–H and O–H groups in total. The molecule has 1 aliphatic rings. The quantitative estimate of drug-likeness (QED) is 0.758. The van der Waals surface area contributed by atoms with Gasteiger partial charge >= 0.3 is 0 Å². The number of nitrogen functional groups attached to an aromatic ring is 1. The van der Waals surface area contributed by atoms with Crippen LogP contribution < -0.4 is 5.73 Å². The number of hydrogen-bond acceptors (Lipinski definition) is 3. The van der Waals surface area contributed by atoms with Gasteiger partial charge in [-0.05, 0) is 18.2 Å². The van der Waals surface area contributed by atoms with Gasteiger partial charge in [-0.3, -0.25) is 4.79 Å². The van der Waals surface area contributed by atoms with Gasteiger partial charge in [0, 0.05) is 30.2 Å². The number of anilines is 1. The van der Waals surface area contributed by atoms with Crippen LogP contribution in [-0.4, -0.2) is 35.4 Å². The van der Waals surface area contributed by atoms with Crippen LogP contribution >= 0.6 is 11.8 Å². The second-order valence-corrected chi connectivity index (χ2v) is 4.87. The van der Waals surface area contributed by atoms with Crippen molar-refractivity contribution in [3.63, 3.8) is 0 Å². The van der Waals surface area contributed by atoms with Gasteiger partial charge in [0.2, 0.25) is 0 Å². The van der Waals surface area contributed by atoms with Crippen molar-refractivity contribution in [3.05, 3.63) is 29.6 Å². The Morgan fingerprint density at radius 3 is 2.69 bits per heavy atom. The zero-order valence-electron chi connectivity index (χ0n) is 8.78. The summed E-state index contributed by atoms with van der Waals surface area (Å²) in [6, 6.07) is 4.21. The first-order valence-electron chi connectivity index (χ1n) is 5.10. The largest absolute Gasteiger partial charge is 0.396 e. The van der Waals surface area contributed by atoms with Crippen molar-refractivity contribution in [1.29, 1.82) is 0 Å². The van der Waals surface area contributed by atoms with Crippen molar-refractivity contribution in [2.45, 2.75) is 0 Å². The van der Waals surface area contributed by atoms with E-state index in [2.05, 4.69) is 0 Å². The number of hydrogen-bond donors (Lipinski definition) is 1. The van der Waals surface area contributed by atoms with Gasteiger partial charge in [0.15, 0.2) is 0 Å². The Kier molecular flexibility index (Phi) is 3.33. The van der Waals surface area contributed by atoms with Crippen molar-refractivity contribution >= 4 is 23.4 Å². The van der Waals surface area contributed by atoms with Gasteiger partial charge < -0.3 is 10.6 Å². The number of rotatable bonds is 1. The minimum atomic E-state index is -0.530. The fraction of sp³-hybridized carbons (Fsp3) is 0.364. The van der Waals surface area contributed by atoms with E-state index in [1.807, 2.05) is 11.8 Å². The topological polar surface area (TPSA) is 46.3 Å². The summed E-state index contributed by atoms with van der Waals surface area (Å²) in [5.41, 5.74) is 5.81. The molecule has 5 heteroatoms. The molecule has 2 rings (SSSR count). The fourth-order valence-corrected chi connectivity index (χ4v) is 2.51. The van der Waals surface area contributed by atoms with E-state index in [1.54, 1.807) is 11.0 Å². The number of carbonyl (C=O) groups is 1. The summed E-state index contributed by atoms with van der Waals surface area (Å²) in [4.78, 5) is 13.7. The highest BCUT2D eigenvalue weighted by molar-refractivity contribution is 7.99. The van der Waals surface area contributed by atoms with Crippen LogP contribution in [0, 0.1) is 5.82 Å². The minimum Gasteiger partial charge on any atom is -0.396 e. The molecule has 1 saturated heterocycles. The lowest BCUT2D eigenvalue weighted by molar-refractivity contribution is 0.0772. The number of nitrogens with zero attached hydrogens (tertiary/aromatic N) is 1. The van der Waals surface area contributed by atoms with Crippen molar-refractivity contribution in [2.75, 3.05) is 30.3 Å². The standard InChI is InChI=1S/C11H13FN2OS/c12-9-7-8(1-2-10(9)13)11(15)14-3-5-16-6-4-14/h1-2,7H,3-6,13H2. The van der Waals surface area contributed by atoms with Crippen molar-refractivity contribution in [1.82, 2.24) is 4.90 Å². The summed E-state index contributed by atoms with van der Waals surface area (Å²) in [5, 5.41) is 0. The van der Waals surface area contributed by atoms with Crippen molar-refractivity contribution in [3.8, 4) is 0 Å². The lowest BCUT2D eigenvalue weighted by atomic mass is 10.1. The molecular formula is C11H13FN2OS. The average molecular weight is 240 g/mol. The summed E-state index contributed by atoms with van der Waals surface area (Å²) >= 11 is 1.83. The van der Waals surface area contributed by atoms with E-state index in [1.165, 1.54) is 12.1 Å². The first-order valence-corrected chi connectivity index (χ1v) is 6.26. The molecule has 1 aromatic rings. The number of nitrogens with two attached hydrogens (primary N) is 1. The Bertz CT molecular complexity index is 405. The number of amides is 1. The maximum Gasteiger partial charge on any atom is 0.254 e. The summed E-state index contributed by atoms with van der Waals surface area (Å²) < 4.78 is 13.2. The van der Waals surface area contributed by atoms with E-state index in [-0.39, 0.29) is 11.6 Å². The molecule has 1 aliphatic heterocycles. The van der Waals surface area contributed by atoms with Crippen LogP contribution in [0.1, 0.15) is 10.4 Å². The SMILES string of the molecule is Nc1ccc(C(=O)N2CCSCC2)cc1F. The summed E-state index contributed by atoms with van der Waals surface area (Å²) in [7, 11) is 0. The molecule has 1 amide bonds. The van der Waals surface area contributed by atoms with Crippen LogP contribution in [0.5, 0.6) is 0 Å². The highest BCUT2D eigenvalue weighted by atomic mass is 32.2. The van der Waals surface area contributed by atoms with Crippen molar-refractivity contribution < 1.29 is 9.18 Å². The van der Waals surface area contributed by atoms with E-state index in [0.29, 0.717) is 5.56 Å². The van der Waals surface area contributed by atoms with E-state index in [0.717, 1.165) is 24.6 Å². The Morgan fingerprint density at radius 1 is 1.38 bits per heavy atom. The number of carbonyl (C=O) groups excluding carboxylic acids is 1. The van der Waals surface area contributed by atoms with E-state index in [9.17, 15) is 9.18 Å². The zero-order valence-corrected chi connectivity index (χ0v) is 9.60. The Hall–Kier alpha value is -1.23. The Morgan fingerprint density at radius 2 is 2.06 bits per heavy atom. The minimum absolute atomic E-state index is 0.0748. The van der Waals surface area contributed by atoms with E-state index < -0.39 is 5.82 Å². The first kappa shape index (κ1) is 11.3. The fourth-order valence-electron chi connectivity index (χ4n) is 1.61. The van der Waals surface area contributed by atoms with Crippen LogP contribution in [0.3, 0.4) is 0 Å². The molecule has 3 nitrogen and oxygen atoms in total. The third-order valence-corrected chi connectivity index (χ3v) is 3.49. The Labute approximate surface area is 97.8 Å². The number of benzene rings is 1. The highest BCUT2D eigenvalue weighted by Gasteiger charge is 2.18. The van der Waals surface area contributed by atoms with Gasteiger partial charge in [-0.25, -0.2) is 4.39 Å². The summed E-state index contributed by atoms with van der Waals surface area (Å²) in [6.45, 7) is 1.46. The molecule has 0 atom stereocenters. The molecule has 0 spiro atoms. The van der Waals surface area contributed by atoms with Crippen LogP contribution in [0.2, 0.25) is 0 Å². The third-order valence-electron chi connectivity index (χ3n) is 2.55. The van der Waals surface area contributed by atoms with Gasteiger partial charge in [-0.1, -0.05) is 0 Å². The molecule has 0 bridgehead atoms. The molecule has 1 aromatic carbocycles. The normalized spacial score (nSPS) is 16.2. The predicted octanol–water partition coefficient (Wildman–Crippen LogP) is 1.60. The molecule has 0 aliphatic carbocycles. The van der Waals surface area contributed by atoms with Crippen LogP contribution in [-0.2, 0) is 0 Å². The molecular weight excluding hydrogens is 227 g/mol. The average Bonchev–Trinajstić information content (AvgIpc) is 2.33. The lowest BCUT2D eigenvalue weighted by Crippen LogP contribution is -2.37. The molecule has 0 saturated carbocycles. The van der Waals surface area contributed by atoms with Crippen LogP contribution in [0.4, 0.5) is 10.1 Å². The molecule has 0 unspecified atom stereocenters. The molecule has 16 heavy (non-hydrogen) atoms. The molecule has 0 aromatic heterocycles. The molecule has 0 radical (unpaired) electrons. The lowest BCUT2D eigenvalue weighted by Gasteiger charge is -2.26. The Balaban J connectivity index is 2.16. The predicted molar refractivity (Wildman–Crippen MR) is 64.0 cm³/mol. The molecule has 1 heterocycles. The zero-order chi connectivity index (χ0) is 11.5. The maximum atomic E-state index is 13.2.